The highest BCUT2D eigenvalue weighted by molar-refractivity contribution is 5.77. The quantitative estimate of drug-likeness (QED) is 0.809. The third-order valence-electron chi connectivity index (χ3n) is 3.39. The smallest absolute Gasteiger partial charge is 0.231 e. The van der Waals surface area contributed by atoms with Gasteiger partial charge in [-0.15, -0.1) is 0 Å². The van der Waals surface area contributed by atoms with Crippen LogP contribution in [-0.4, -0.2) is 47.8 Å². The van der Waals surface area contributed by atoms with E-state index < -0.39 is 0 Å². The fraction of sp³-hybridized carbons (Fsp3) is 0.769. The van der Waals surface area contributed by atoms with Crippen molar-refractivity contribution in [2.24, 2.45) is 0 Å². The summed E-state index contributed by atoms with van der Waals surface area (Å²) in [5, 5.41) is 3.98. The van der Waals surface area contributed by atoms with Gasteiger partial charge in [0.25, 0.3) is 0 Å². The molecule has 6 heteroatoms. The molecule has 1 saturated heterocycles. The maximum absolute atomic E-state index is 11.8. The summed E-state index contributed by atoms with van der Waals surface area (Å²) < 4.78 is 10.3. The molecule has 1 fully saturated rings. The first-order valence-electron chi connectivity index (χ1n) is 6.72. The van der Waals surface area contributed by atoms with Gasteiger partial charge in [0.05, 0.1) is 12.5 Å². The molecule has 2 heterocycles. The number of methoxy groups -OCH3 is 1. The molecule has 0 spiro atoms. The lowest BCUT2D eigenvalue weighted by molar-refractivity contribution is -0.134. The molecule has 0 saturated carbocycles. The van der Waals surface area contributed by atoms with Gasteiger partial charge in [0, 0.05) is 32.5 Å². The Labute approximate surface area is 113 Å². The second-order valence-electron chi connectivity index (χ2n) is 5.21. The van der Waals surface area contributed by atoms with Gasteiger partial charge in [0.15, 0.2) is 5.82 Å². The molecule has 0 aromatic carbocycles. The van der Waals surface area contributed by atoms with Crippen molar-refractivity contribution in [3.05, 3.63) is 11.7 Å². The van der Waals surface area contributed by atoms with Crippen molar-refractivity contribution >= 4 is 5.91 Å². The fourth-order valence-corrected chi connectivity index (χ4v) is 2.18. The molecule has 0 unspecified atom stereocenters. The van der Waals surface area contributed by atoms with E-state index in [4.69, 9.17) is 9.26 Å². The summed E-state index contributed by atoms with van der Waals surface area (Å²) in [6, 6.07) is 0. The summed E-state index contributed by atoms with van der Waals surface area (Å²) in [5.41, 5.74) is 0. The van der Waals surface area contributed by atoms with E-state index in [1.54, 1.807) is 7.11 Å². The second-order valence-corrected chi connectivity index (χ2v) is 5.21. The van der Waals surface area contributed by atoms with E-state index in [0.717, 1.165) is 12.2 Å². The van der Waals surface area contributed by atoms with Crippen molar-refractivity contribution < 1.29 is 14.1 Å². The van der Waals surface area contributed by atoms with Crippen LogP contribution in [-0.2, 0) is 9.53 Å². The number of ether oxygens (including phenoxy) is 1. The van der Waals surface area contributed by atoms with Crippen LogP contribution in [0.5, 0.6) is 0 Å². The second kappa shape index (κ2) is 6.14. The van der Waals surface area contributed by atoms with Crippen LogP contribution >= 0.6 is 0 Å². The normalized spacial score (nSPS) is 20.3. The monoisotopic (exact) mass is 267 g/mol. The molecule has 106 valence electrons. The van der Waals surface area contributed by atoms with Crippen LogP contribution in [0.4, 0.5) is 0 Å². The molecule has 0 N–H and O–H groups in total. The topological polar surface area (TPSA) is 68.5 Å². The maximum atomic E-state index is 11.8. The number of hydrogen-bond donors (Lipinski definition) is 0. The highest BCUT2D eigenvalue weighted by Gasteiger charge is 2.30. The molecule has 1 aromatic heterocycles. The minimum Gasteiger partial charge on any atom is -0.383 e. The van der Waals surface area contributed by atoms with E-state index >= 15 is 0 Å². The first-order chi connectivity index (χ1) is 9.11. The first kappa shape index (κ1) is 14.0. The Hall–Kier alpha value is -1.43. The molecular formula is C13H21N3O3. The van der Waals surface area contributed by atoms with Crippen LogP contribution < -0.4 is 0 Å². The van der Waals surface area contributed by atoms with Crippen molar-refractivity contribution in [1.82, 2.24) is 15.0 Å². The number of hydrogen-bond acceptors (Lipinski definition) is 5. The summed E-state index contributed by atoms with van der Waals surface area (Å²) in [4.78, 5) is 18.0. The molecule has 6 nitrogen and oxygen atoms in total. The van der Waals surface area contributed by atoms with Crippen molar-refractivity contribution in [2.45, 2.75) is 38.5 Å². The van der Waals surface area contributed by atoms with E-state index in [-0.39, 0.29) is 17.7 Å². The molecule has 0 radical (unpaired) electrons. The summed E-state index contributed by atoms with van der Waals surface area (Å²) in [5.74, 6) is 1.97. The number of carbonyl (C=O) groups is 1. The van der Waals surface area contributed by atoms with E-state index in [9.17, 15) is 4.79 Å². The Morgan fingerprint density at radius 1 is 1.53 bits per heavy atom. The van der Waals surface area contributed by atoms with Crippen molar-refractivity contribution in [1.29, 1.82) is 0 Å². The van der Waals surface area contributed by atoms with Gasteiger partial charge >= 0.3 is 0 Å². The van der Waals surface area contributed by atoms with E-state index in [0.29, 0.717) is 32.0 Å². The lowest BCUT2D eigenvalue weighted by Gasteiger charge is -2.30. The van der Waals surface area contributed by atoms with Gasteiger partial charge in [-0.1, -0.05) is 19.0 Å². The third-order valence-corrected chi connectivity index (χ3v) is 3.39. The molecule has 19 heavy (non-hydrogen) atoms. The minimum atomic E-state index is 0.148. The summed E-state index contributed by atoms with van der Waals surface area (Å²) in [6.45, 7) is 5.88. The van der Waals surface area contributed by atoms with Crippen molar-refractivity contribution in [3.63, 3.8) is 0 Å². The summed E-state index contributed by atoms with van der Waals surface area (Å²) >= 11 is 0. The van der Waals surface area contributed by atoms with Gasteiger partial charge in [0.2, 0.25) is 11.8 Å². The number of aromatic nitrogens is 2. The van der Waals surface area contributed by atoms with Gasteiger partial charge in [-0.05, 0) is 6.42 Å². The standard InChI is InChI=1S/C13H21N3O3/c1-9(2)12-14-13(19-15-12)10-4-5-11(17)16(8-10)6-7-18-3/h9-10H,4-8H2,1-3H3/t10-/m1/s1. The Bertz CT molecular complexity index is 431. The van der Waals surface area contributed by atoms with Crippen LogP contribution in [0.2, 0.25) is 0 Å². The largest absolute Gasteiger partial charge is 0.383 e. The van der Waals surface area contributed by atoms with Crippen LogP contribution in [0.3, 0.4) is 0 Å². The van der Waals surface area contributed by atoms with Crippen LogP contribution in [0, 0.1) is 0 Å². The Morgan fingerprint density at radius 2 is 2.32 bits per heavy atom. The van der Waals surface area contributed by atoms with E-state index in [2.05, 4.69) is 10.1 Å². The number of carbonyl (C=O) groups excluding carboxylic acids is 1. The Kier molecular flexibility index (Phi) is 4.52. The minimum absolute atomic E-state index is 0.148. The molecule has 0 aliphatic carbocycles. The van der Waals surface area contributed by atoms with Gasteiger partial charge in [0.1, 0.15) is 0 Å². The molecule has 1 aliphatic rings. The average Bonchev–Trinajstić information content (AvgIpc) is 2.87. The van der Waals surface area contributed by atoms with Gasteiger partial charge in [-0.25, -0.2) is 0 Å². The van der Waals surface area contributed by atoms with Gasteiger partial charge in [-0.3, -0.25) is 4.79 Å². The Balaban J connectivity index is 2.01. The summed E-state index contributed by atoms with van der Waals surface area (Å²) in [7, 11) is 1.64. The maximum Gasteiger partial charge on any atom is 0.231 e. The highest BCUT2D eigenvalue weighted by Crippen LogP contribution is 2.27. The summed E-state index contributed by atoms with van der Waals surface area (Å²) in [6.07, 6.45) is 1.32. The number of amides is 1. The third kappa shape index (κ3) is 3.32. The predicted octanol–water partition coefficient (Wildman–Crippen LogP) is 1.55. The predicted molar refractivity (Wildman–Crippen MR) is 68.8 cm³/mol. The number of likely N-dealkylation sites (tertiary alicyclic amines) is 1. The molecular weight excluding hydrogens is 246 g/mol. The number of nitrogens with zero attached hydrogens (tertiary/aromatic N) is 3. The zero-order chi connectivity index (χ0) is 13.8. The zero-order valence-corrected chi connectivity index (χ0v) is 11.8. The van der Waals surface area contributed by atoms with E-state index in [1.165, 1.54) is 0 Å². The van der Waals surface area contributed by atoms with Gasteiger partial charge < -0.3 is 14.2 Å². The number of rotatable bonds is 5. The fourth-order valence-electron chi connectivity index (χ4n) is 2.18. The van der Waals surface area contributed by atoms with Crippen molar-refractivity contribution in [3.8, 4) is 0 Å². The molecule has 1 aromatic rings. The van der Waals surface area contributed by atoms with Crippen LogP contribution in [0.15, 0.2) is 4.52 Å². The van der Waals surface area contributed by atoms with Gasteiger partial charge in [-0.2, -0.15) is 4.98 Å². The molecule has 1 atom stereocenters. The zero-order valence-electron chi connectivity index (χ0n) is 11.8. The molecule has 1 amide bonds. The average molecular weight is 267 g/mol. The SMILES string of the molecule is COCCN1C[C@H](c2nc(C(C)C)no2)CCC1=O. The van der Waals surface area contributed by atoms with Crippen molar-refractivity contribution in [2.75, 3.05) is 26.8 Å². The van der Waals surface area contributed by atoms with Crippen LogP contribution in [0.25, 0.3) is 0 Å². The lowest BCUT2D eigenvalue weighted by atomic mass is 9.97. The lowest BCUT2D eigenvalue weighted by Crippen LogP contribution is -2.41. The van der Waals surface area contributed by atoms with Crippen LogP contribution in [0.1, 0.15) is 50.2 Å². The highest BCUT2D eigenvalue weighted by atomic mass is 16.5. The number of piperidine rings is 1. The molecule has 0 bridgehead atoms. The molecule has 1 aliphatic heterocycles. The molecule has 2 rings (SSSR count). The Morgan fingerprint density at radius 3 is 2.95 bits per heavy atom. The first-order valence-corrected chi connectivity index (χ1v) is 6.72. The van der Waals surface area contributed by atoms with E-state index in [1.807, 2.05) is 18.7 Å².